The topological polar surface area (TPSA) is 106 Å². The quantitative estimate of drug-likeness (QED) is 0.722. The average molecular weight is 296 g/mol. The van der Waals surface area contributed by atoms with Gasteiger partial charge >= 0.3 is 0 Å². The molecule has 1 unspecified atom stereocenters. The SMILES string of the molecule is NC(=O)C(Nc1ccccc1Cl)c1cn(CCO)nn1. The number of carbonyl (C=O) groups excluding carboxylic acids is 1. The molecule has 2 rings (SSSR count). The zero-order chi connectivity index (χ0) is 14.5. The van der Waals surface area contributed by atoms with Crippen molar-refractivity contribution in [3.8, 4) is 0 Å². The number of benzene rings is 1. The molecule has 0 bridgehead atoms. The van der Waals surface area contributed by atoms with Crippen LogP contribution in [0.25, 0.3) is 0 Å². The van der Waals surface area contributed by atoms with Crippen molar-refractivity contribution < 1.29 is 9.90 Å². The highest BCUT2D eigenvalue weighted by Gasteiger charge is 2.22. The third-order valence-electron chi connectivity index (χ3n) is 2.64. The van der Waals surface area contributed by atoms with E-state index in [1.807, 2.05) is 0 Å². The summed E-state index contributed by atoms with van der Waals surface area (Å²) in [5.74, 6) is -0.596. The third kappa shape index (κ3) is 3.25. The summed E-state index contributed by atoms with van der Waals surface area (Å²) >= 11 is 6.03. The largest absolute Gasteiger partial charge is 0.394 e. The number of aliphatic hydroxyl groups is 1. The summed E-state index contributed by atoms with van der Waals surface area (Å²) in [6, 6.07) is 6.16. The van der Waals surface area contributed by atoms with Crippen LogP contribution in [0.3, 0.4) is 0 Å². The lowest BCUT2D eigenvalue weighted by atomic mass is 10.2. The summed E-state index contributed by atoms with van der Waals surface area (Å²) in [6.45, 7) is 0.229. The van der Waals surface area contributed by atoms with E-state index in [-0.39, 0.29) is 6.61 Å². The number of halogens is 1. The number of nitrogens with one attached hydrogen (secondary N) is 1. The van der Waals surface area contributed by atoms with Gasteiger partial charge in [-0.3, -0.25) is 4.79 Å². The zero-order valence-electron chi connectivity index (χ0n) is 10.5. The predicted octanol–water partition coefficient (Wildman–Crippen LogP) is 0.562. The van der Waals surface area contributed by atoms with Crippen molar-refractivity contribution in [2.75, 3.05) is 11.9 Å². The third-order valence-corrected chi connectivity index (χ3v) is 2.97. The number of aliphatic hydroxyl groups excluding tert-OH is 1. The number of carbonyl (C=O) groups is 1. The first-order valence-corrected chi connectivity index (χ1v) is 6.31. The second kappa shape index (κ2) is 6.36. The molecule has 7 nitrogen and oxygen atoms in total. The van der Waals surface area contributed by atoms with E-state index in [0.29, 0.717) is 22.9 Å². The van der Waals surface area contributed by atoms with Gasteiger partial charge in [0, 0.05) is 0 Å². The van der Waals surface area contributed by atoms with Crippen LogP contribution in [0.5, 0.6) is 0 Å². The van der Waals surface area contributed by atoms with Crippen LogP contribution in [0.15, 0.2) is 30.5 Å². The van der Waals surface area contributed by atoms with Gasteiger partial charge in [0.2, 0.25) is 5.91 Å². The van der Waals surface area contributed by atoms with Crippen molar-refractivity contribution in [2.45, 2.75) is 12.6 Å². The van der Waals surface area contributed by atoms with Crippen molar-refractivity contribution in [3.05, 3.63) is 41.2 Å². The van der Waals surface area contributed by atoms with Crippen LogP contribution < -0.4 is 11.1 Å². The summed E-state index contributed by atoms with van der Waals surface area (Å²) in [6.07, 6.45) is 1.55. The minimum Gasteiger partial charge on any atom is -0.394 e. The van der Waals surface area contributed by atoms with Crippen molar-refractivity contribution in [1.82, 2.24) is 15.0 Å². The number of nitrogens with zero attached hydrogens (tertiary/aromatic N) is 3. The highest BCUT2D eigenvalue weighted by atomic mass is 35.5. The second-order valence-electron chi connectivity index (χ2n) is 4.09. The normalized spacial score (nSPS) is 12.1. The summed E-state index contributed by atoms with van der Waals surface area (Å²) in [5, 5.41) is 19.9. The molecule has 0 aliphatic heterocycles. The molecule has 0 aliphatic rings. The lowest BCUT2D eigenvalue weighted by Crippen LogP contribution is -2.28. The van der Waals surface area contributed by atoms with Crippen molar-refractivity contribution >= 4 is 23.2 Å². The maximum absolute atomic E-state index is 11.6. The molecule has 106 valence electrons. The van der Waals surface area contributed by atoms with Gasteiger partial charge in [-0.25, -0.2) is 4.68 Å². The lowest BCUT2D eigenvalue weighted by Gasteiger charge is -2.15. The van der Waals surface area contributed by atoms with Gasteiger partial charge in [0.05, 0.1) is 30.1 Å². The average Bonchev–Trinajstić information content (AvgIpc) is 2.86. The molecule has 2 aromatic rings. The van der Waals surface area contributed by atoms with Crippen molar-refractivity contribution in [2.24, 2.45) is 5.73 Å². The van der Waals surface area contributed by atoms with Crippen LogP contribution >= 0.6 is 11.6 Å². The van der Waals surface area contributed by atoms with Gasteiger partial charge in [0.1, 0.15) is 5.69 Å². The minimum absolute atomic E-state index is 0.0675. The van der Waals surface area contributed by atoms with E-state index in [4.69, 9.17) is 22.4 Å². The standard InChI is InChI=1S/C12H14ClN5O2/c13-8-3-1-2-4-9(8)15-11(12(14)20)10-7-18(5-6-19)17-16-10/h1-4,7,11,15,19H,5-6H2,(H2,14,20). The number of para-hydroxylation sites is 1. The molecule has 4 N–H and O–H groups in total. The Morgan fingerprint density at radius 1 is 1.50 bits per heavy atom. The summed E-state index contributed by atoms with van der Waals surface area (Å²) in [5.41, 5.74) is 6.32. The van der Waals surface area contributed by atoms with Crippen LogP contribution in [0.1, 0.15) is 11.7 Å². The Kier molecular flexibility index (Phi) is 4.54. The van der Waals surface area contributed by atoms with Crippen LogP contribution in [0.4, 0.5) is 5.69 Å². The van der Waals surface area contributed by atoms with Crippen LogP contribution in [-0.2, 0) is 11.3 Å². The number of amides is 1. The van der Waals surface area contributed by atoms with Gasteiger partial charge in [-0.2, -0.15) is 0 Å². The van der Waals surface area contributed by atoms with Crippen LogP contribution in [0, 0.1) is 0 Å². The summed E-state index contributed by atoms with van der Waals surface area (Å²) in [4.78, 5) is 11.6. The Hall–Kier alpha value is -2.12. The van der Waals surface area contributed by atoms with Gasteiger partial charge in [0.25, 0.3) is 0 Å². The Bertz CT molecular complexity index is 601. The van der Waals surface area contributed by atoms with Crippen molar-refractivity contribution in [3.63, 3.8) is 0 Å². The molecule has 0 saturated heterocycles. The number of hydrogen-bond acceptors (Lipinski definition) is 5. The highest BCUT2D eigenvalue weighted by Crippen LogP contribution is 2.25. The Labute approximate surface area is 120 Å². The molecule has 20 heavy (non-hydrogen) atoms. The molecule has 0 saturated carbocycles. The van der Waals surface area contributed by atoms with Gasteiger partial charge in [-0.15, -0.1) is 5.10 Å². The Balaban J connectivity index is 2.23. The molecule has 1 aromatic carbocycles. The Morgan fingerprint density at radius 3 is 2.90 bits per heavy atom. The summed E-state index contributed by atoms with van der Waals surface area (Å²) in [7, 11) is 0. The van der Waals surface area contributed by atoms with Crippen LogP contribution in [-0.4, -0.2) is 32.6 Å². The smallest absolute Gasteiger partial charge is 0.246 e. The molecule has 0 spiro atoms. The van der Waals surface area contributed by atoms with Gasteiger partial charge in [0.15, 0.2) is 6.04 Å². The molecular weight excluding hydrogens is 282 g/mol. The number of nitrogens with two attached hydrogens (primary N) is 1. The minimum atomic E-state index is -0.845. The van der Waals surface area contributed by atoms with Gasteiger partial charge < -0.3 is 16.2 Å². The first-order valence-electron chi connectivity index (χ1n) is 5.93. The molecule has 1 heterocycles. The van der Waals surface area contributed by atoms with E-state index in [1.165, 1.54) is 4.68 Å². The molecular formula is C12H14ClN5O2. The van der Waals surface area contributed by atoms with Crippen molar-refractivity contribution in [1.29, 1.82) is 0 Å². The highest BCUT2D eigenvalue weighted by molar-refractivity contribution is 6.33. The van der Waals surface area contributed by atoms with E-state index in [2.05, 4.69) is 15.6 Å². The fourth-order valence-corrected chi connectivity index (χ4v) is 1.87. The summed E-state index contributed by atoms with van der Waals surface area (Å²) < 4.78 is 1.43. The molecule has 8 heteroatoms. The number of aromatic nitrogens is 3. The molecule has 1 aromatic heterocycles. The maximum atomic E-state index is 11.6. The van der Waals surface area contributed by atoms with E-state index < -0.39 is 11.9 Å². The number of rotatable bonds is 6. The number of primary amides is 1. The fourth-order valence-electron chi connectivity index (χ4n) is 1.68. The maximum Gasteiger partial charge on any atom is 0.246 e. The molecule has 1 atom stereocenters. The molecule has 1 amide bonds. The fraction of sp³-hybridized carbons (Fsp3) is 0.250. The van der Waals surface area contributed by atoms with Gasteiger partial charge in [-0.05, 0) is 12.1 Å². The Morgan fingerprint density at radius 2 is 2.25 bits per heavy atom. The second-order valence-corrected chi connectivity index (χ2v) is 4.50. The number of anilines is 1. The van der Waals surface area contributed by atoms with E-state index >= 15 is 0 Å². The molecule has 0 aliphatic carbocycles. The molecule has 0 fully saturated rings. The van der Waals surface area contributed by atoms with E-state index in [0.717, 1.165) is 0 Å². The van der Waals surface area contributed by atoms with E-state index in [9.17, 15) is 4.79 Å². The predicted molar refractivity (Wildman–Crippen MR) is 74.1 cm³/mol. The number of hydrogen-bond donors (Lipinski definition) is 3. The molecule has 0 radical (unpaired) electrons. The first kappa shape index (κ1) is 14.3. The monoisotopic (exact) mass is 295 g/mol. The van der Waals surface area contributed by atoms with Gasteiger partial charge in [-0.1, -0.05) is 28.9 Å². The first-order chi connectivity index (χ1) is 9.61. The van der Waals surface area contributed by atoms with E-state index in [1.54, 1.807) is 30.5 Å². The zero-order valence-corrected chi connectivity index (χ0v) is 11.3. The lowest BCUT2D eigenvalue weighted by molar-refractivity contribution is -0.118. The van der Waals surface area contributed by atoms with Crippen LogP contribution in [0.2, 0.25) is 5.02 Å².